The van der Waals surface area contributed by atoms with Gasteiger partial charge in [-0.05, 0) is 18.2 Å². The molecule has 0 saturated carbocycles. The fourth-order valence-electron chi connectivity index (χ4n) is 1.98. The Kier molecular flexibility index (Phi) is 2.21. The Hall–Kier alpha value is -1.36. The molecule has 0 saturated heterocycles. The lowest BCUT2D eigenvalue weighted by Gasteiger charge is -2.08. The second kappa shape index (κ2) is 3.59. The zero-order valence-electron chi connectivity index (χ0n) is 8.81. The number of aromatic nitrogens is 3. The fraction of sp³-hybridized carbons (Fsp3) is 0.273. The third kappa shape index (κ3) is 1.43. The minimum absolute atomic E-state index is 0.355. The molecule has 1 aromatic heterocycles. The summed E-state index contributed by atoms with van der Waals surface area (Å²) in [6, 6.07) is 6.18. The predicted molar refractivity (Wildman–Crippen MR) is 66.0 cm³/mol. The van der Waals surface area contributed by atoms with Crippen molar-refractivity contribution in [2.45, 2.75) is 12.8 Å². The highest BCUT2D eigenvalue weighted by Gasteiger charge is 2.20. The number of nitrogens with one attached hydrogen (secondary N) is 1. The molecule has 4 nitrogen and oxygen atoms in total. The summed E-state index contributed by atoms with van der Waals surface area (Å²) in [4.78, 5) is 0. The van der Waals surface area contributed by atoms with Crippen LogP contribution in [0.1, 0.15) is 18.7 Å². The number of nitrogens with zero attached hydrogens (tertiary/aromatic N) is 3. The van der Waals surface area contributed by atoms with Gasteiger partial charge >= 0.3 is 0 Å². The summed E-state index contributed by atoms with van der Waals surface area (Å²) in [7, 11) is 0. The molecule has 82 valence electrons. The average molecular weight is 279 g/mol. The van der Waals surface area contributed by atoms with Gasteiger partial charge < -0.3 is 5.32 Å². The lowest BCUT2D eigenvalue weighted by Crippen LogP contribution is -2.09. The van der Waals surface area contributed by atoms with Crippen LogP contribution >= 0.6 is 15.9 Å². The largest absolute Gasteiger partial charge is 0.383 e. The van der Waals surface area contributed by atoms with Crippen LogP contribution < -0.4 is 5.32 Å². The third-order valence-electron chi connectivity index (χ3n) is 2.83. The number of benzene rings is 1. The summed E-state index contributed by atoms with van der Waals surface area (Å²) < 4.78 is 3.12. The quantitative estimate of drug-likeness (QED) is 0.806. The molecule has 1 atom stereocenters. The van der Waals surface area contributed by atoms with E-state index < -0.39 is 0 Å². The average Bonchev–Trinajstić information content (AvgIpc) is 2.70. The van der Waals surface area contributed by atoms with Crippen molar-refractivity contribution in [1.82, 2.24) is 14.8 Å². The Morgan fingerprint density at radius 2 is 2.38 bits per heavy atom. The van der Waals surface area contributed by atoms with E-state index in [2.05, 4.69) is 50.5 Å². The summed E-state index contributed by atoms with van der Waals surface area (Å²) in [6.07, 6.45) is 1.77. The van der Waals surface area contributed by atoms with Crippen LogP contribution in [0.2, 0.25) is 0 Å². The van der Waals surface area contributed by atoms with Gasteiger partial charge in [0.2, 0.25) is 0 Å². The first-order valence-corrected chi connectivity index (χ1v) is 5.99. The van der Waals surface area contributed by atoms with E-state index >= 15 is 0 Å². The molecule has 0 fully saturated rings. The SMILES string of the molecule is CC1CNc2cc(Br)ccc2-n2cnnc21. The van der Waals surface area contributed by atoms with E-state index in [9.17, 15) is 0 Å². The maximum Gasteiger partial charge on any atom is 0.142 e. The molecule has 0 radical (unpaired) electrons. The third-order valence-corrected chi connectivity index (χ3v) is 3.32. The van der Waals surface area contributed by atoms with Gasteiger partial charge in [-0.1, -0.05) is 22.9 Å². The number of hydrogen-bond acceptors (Lipinski definition) is 3. The molecule has 0 bridgehead atoms. The second-order valence-corrected chi connectivity index (χ2v) is 4.92. The fourth-order valence-corrected chi connectivity index (χ4v) is 2.34. The van der Waals surface area contributed by atoms with Gasteiger partial charge in [-0.25, -0.2) is 0 Å². The number of fused-ring (bicyclic) bond motifs is 3. The lowest BCUT2D eigenvalue weighted by molar-refractivity contribution is 0.724. The van der Waals surface area contributed by atoms with E-state index in [0.717, 1.165) is 28.2 Å². The van der Waals surface area contributed by atoms with E-state index in [1.54, 1.807) is 6.33 Å². The molecule has 3 rings (SSSR count). The van der Waals surface area contributed by atoms with Crippen molar-refractivity contribution in [3.63, 3.8) is 0 Å². The Morgan fingerprint density at radius 3 is 3.25 bits per heavy atom. The zero-order valence-corrected chi connectivity index (χ0v) is 10.4. The van der Waals surface area contributed by atoms with Crippen LogP contribution in [0.15, 0.2) is 29.0 Å². The zero-order chi connectivity index (χ0) is 11.1. The molecule has 2 heterocycles. The molecule has 0 aliphatic carbocycles. The van der Waals surface area contributed by atoms with Crippen LogP contribution in [0, 0.1) is 0 Å². The number of rotatable bonds is 0. The molecule has 2 aromatic rings. The summed E-state index contributed by atoms with van der Waals surface area (Å²) in [5, 5.41) is 11.6. The van der Waals surface area contributed by atoms with E-state index in [1.165, 1.54) is 0 Å². The monoisotopic (exact) mass is 278 g/mol. The number of hydrogen-bond donors (Lipinski definition) is 1. The lowest BCUT2D eigenvalue weighted by atomic mass is 10.2. The maximum absolute atomic E-state index is 4.18. The normalized spacial score (nSPS) is 18.2. The van der Waals surface area contributed by atoms with Gasteiger partial charge in [-0.15, -0.1) is 10.2 Å². The molecule has 16 heavy (non-hydrogen) atoms. The Bertz CT molecular complexity index is 535. The van der Waals surface area contributed by atoms with E-state index in [0.29, 0.717) is 5.92 Å². The van der Waals surface area contributed by atoms with Crippen molar-refractivity contribution in [3.05, 3.63) is 34.8 Å². The van der Waals surface area contributed by atoms with Gasteiger partial charge in [-0.3, -0.25) is 4.57 Å². The van der Waals surface area contributed by atoms with E-state index in [4.69, 9.17) is 0 Å². The molecule has 0 amide bonds. The van der Waals surface area contributed by atoms with Gasteiger partial charge in [0.25, 0.3) is 0 Å². The van der Waals surface area contributed by atoms with Crippen LogP contribution in [0.25, 0.3) is 5.69 Å². The van der Waals surface area contributed by atoms with Gasteiger partial charge in [0.15, 0.2) is 0 Å². The van der Waals surface area contributed by atoms with Gasteiger partial charge in [0.05, 0.1) is 11.4 Å². The predicted octanol–water partition coefficient (Wildman–Crippen LogP) is 2.56. The molecule has 0 spiro atoms. The van der Waals surface area contributed by atoms with Gasteiger partial charge in [-0.2, -0.15) is 0 Å². The summed E-state index contributed by atoms with van der Waals surface area (Å²) >= 11 is 3.48. The first-order valence-electron chi connectivity index (χ1n) is 5.19. The summed E-state index contributed by atoms with van der Waals surface area (Å²) in [6.45, 7) is 3.02. The van der Waals surface area contributed by atoms with Crippen LogP contribution in [0.4, 0.5) is 5.69 Å². The Morgan fingerprint density at radius 1 is 1.50 bits per heavy atom. The van der Waals surface area contributed by atoms with Crippen LogP contribution in [0.3, 0.4) is 0 Å². The molecule has 1 aromatic carbocycles. The first-order chi connectivity index (χ1) is 7.75. The van der Waals surface area contributed by atoms with Crippen molar-refractivity contribution >= 4 is 21.6 Å². The topological polar surface area (TPSA) is 42.7 Å². The van der Waals surface area contributed by atoms with Crippen molar-refractivity contribution < 1.29 is 0 Å². The molecule has 1 aliphatic rings. The summed E-state index contributed by atoms with van der Waals surface area (Å²) in [5.74, 6) is 1.36. The van der Waals surface area contributed by atoms with Crippen molar-refractivity contribution in [2.75, 3.05) is 11.9 Å². The van der Waals surface area contributed by atoms with E-state index in [1.807, 2.05) is 10.6 Å². The van der Waals surface area contributed by atoms with Gasteiger partial charge in [0, 0.05) is 16.9 Å². The van der Waals surface area contributed by atoms with E-state index in [-0.39, 0.29) is 0 Å². The molecule has 5 heteroatoms. The second-order valence-electron chi connectivity index (χ2n) is 4.00. The van der Waals surface area contributed by atoms with Crippen LogP contribution in [-0.4, -0.2) is 21.3 Å². The summed E-state index contributed by atoms with van der Waals surface area (Å²) in [5.41, 5.74) is 2.22. The molecular weight excluding hydrogens is 268 g/mol. The van der Waals surface area contributed by atoms with Gasteiger partial charge in [0.1, 0.15) is 12.2 Å². The molecule has 1 aliphatic heterocycles. The van der Waals surface area contributed by atoms with Crippen LogP contribution in [-0.2, 0) is 0 Å². The Balaban J connectivity index is 2.24. The molecule has 1 N–H and O–H groups in total. The molecule has 1 unspecified atom stereocenters. The Labute approximate surface area is 102 Å². The number of halogens is 1. The maximum atomic E-state index is 4.18. The van der Waals surface area contributed by atoms with Crippen molar-refractivity contribution in [1.29, 1.82) is 0 Å². The highest BCUT2D eigenvalue weighted by molar-refractivity contribution is 9.10. The standard InChI is InChI=1S/C11H11BrN4/c1-7-5-13-9-4-8(12)2-3-10(9)16-6-14-15-11(7)16/h2-4,6-7,13H,5H2,1H3. The highest BCUT2D eigenvalue weighted by Crippen LogP contribution is 2.30. The minimum Gasteiger partial charge on any atom is -0.383 e. The highest BCUT2D eigenvalue weighted by atomic mass is 79.9. The van der Waals surface area contributed by atoms with Crippen molar-refractivity contribution in [3.8, 4) is 5.69 Å². The minimum atomic E-state index is 0.355. The number of anilines is 1. The molecular formula is C11H11BrN4. The van der Waals surface area contributed by atoms with Crippen molar-refractivity contribution in [2.24, 2.45) is 0 Å². The first kappa shape index (κ1) is 9.84. The smallest absolute Gasteiger partial charge is 0.142 e. The van der Waals surface area contributed by atoms with Crippen LogP contribution in [0.5, 0.6) is 0 Å².